The molecule has 2 rings (SSSR count). The zero-order chi connectivity index (χ0) is 17.7. The van der Waals surface area contributed by atoms with E-state index in [0.717, 1.165) is 10.5 Å². The number of hydrogen-bond acceptors (Lipinski definition) is 2. The average Bonchev–Trinajstić information content (AvgIpc) is 2.58. The van der Waals surface area contributed by atoms with Crippen molar-refractivity contribution in [3.8, 4) is 0 Å². The van der Waals surface area contributed by atoms with Crippen molar-refractivity contribution in [1.82, 2.24) is 5.32 Å². The number of rotatable bonds is 6. The Balaban J connectivity index is 1.96. The molecule has 0 heterocycles. The molecule has 0 bridgehead atoms. The number of carbonyl (C=O) groups excluding carboxylic acids is 1. The number of thioether (sulfide) groups is 1. The molecular formula is C18H20Cl2FNOS. The first-order valence-electron chi connectivity index (χ1n) is 7.83. The first kappa shape index (κ1) is 19.4. The van der Waals surface area contributed by atoms with Crippen LogP contribution in [0.15, 0.2) is 46.4 Å². The van der Waals surface area contributed by atoms with Crippen molar-refractivity contribution in [1.29, 1.82) is 0 Å². The summed E-state index contributed by atoms with van der Waals surface area (Å²) in [6.07, 6.45) is 4.48. The minimum absolute atomic E-state index is 0.0422. The Hall–Kier alpha value is -0.970. The van der Waals surface area contributed by atoms with Gasteiger partial charge in [0.25, 0.3) is 0 Å². The summed E-state index contributed by atoms with van der Waals surface area (Å²) >= 11 is 14.0. The van der Waals surface area contributed by atoms with Crippen LogP contribution < -0.4 is 5.32 Å². The zero-order valence-electron chi connectivity index (χ0n) is 13.6. The number of alkyl halides is 1. The maximum atomic E-state index is 12.9. The summed E-state index contributed by atoms with van der Waals surface area (Å²) < 4.78 is 12.9. The van der Waals surface area contributed by atoms with Gasteiger partial charge in [-0.1, -0.05) is 43.7 Å². The Labute approximate surface area is 156 Å². The van der Waals surface area contributed by atoms with Gasteiger partial charge in [0.1, 0.15) is 5.82 Å². The van der Waals surface area contributed by atoms with E-state index in [4.69, 9.17) is 23.2 Å². The lowest BCUT2D eigenvalue weighted by atomic mass is 10.0. The number of carbonyl (C=O) groups is 1. The largest absolute Gasteiger partial charge is 0.351 e. The van der Waals surface area contributed by atoms with Crippen LogP contribution in [0.25, 0.3) is 0 Å². The molecule has 2 nitrogen and oxygen atoms in total. The minimum atomic E-state index is -0.288. The molecule has 0 saturated carbocycles. The van der Waals surface area contributed by atoms with Gasteiger partial charge in [0.15, 0.2) is 0 Å². The molecule has 3 atom stereocenters. The highest BCUT2D eigenvalue weighted by atomic mass is 35.5. The first-order chi connectivity index (χ1) is 11.4. The van der Waals surface area contributed by atoms with Crippen molar-refractivity contribution in [2.24, 2.45) is 5.92 Å². The number of nitrogens with one attached hydrogen (secondary N) is 1. The molecule has 0 fully saturated rings. The SMILES string of the molecule is CC[C@@H](SC1=C(Cl)C(C)[C@H](Cl)C=C1)C(=O)NCc1ccc(F)cc1. The minimum Gasteiger partial charge on any atom is -0.351 e. The first-order valence-corrected chi connectivity index (χ1v) is 9.52. The van der Waals surface area contributed by atoms with Crippen LogP contribution in [0.5, 0.6) is 0 Å². The van der Waals surface area contributed by atoms with Gasteiger partial charge in [0, 0.05) is 22.4 Å². The summed E-state index contributed by atoms with van der Waals surface area (Å²) in [6.45, 7) is 4.31. The van der Waals surface area contributed by atoms with Crippen molar-refractivity contribution < 1.29 is 9.18 Å². The molecule has 1 N–H and O–H groups in total. The fourth-order valence-electron chi connectivity index (χ4n) is 2.27. The van der Waals surface area contributed by atoms with E-state index in [1.54, 1.807) is 12.1 Å². The number of hydrogen-bond donors (Lipinski definition) is 1. The van der Waals surface area contributed by atoms with Gasteiger partial charge in [-0.15, -0.1) is 23.4 Å². The van der Waals surface area contributed by atoms with Crippen LogP contribution in [0.3, 0.4) is 0 Å². The standard InChI is InChI=1S/C18H20Cl2FNOS/c1-3-15(24-16-9-8-14(19)11(2)17(16)20)18(23)22-10-12-4-6-13(21)7-5-12/h4-9,11,14-15H,3,10H2,1-2H3,(H,22,23)/t11?,14-,15-/m1/s1. The van der Waals surface area contributed by atoms with Crippen molar-refractivity contribution in [2.75, 3.05) is 0 Å². The molecule has 1 amide bonds. The third-order valence-electron chi connectivity index (χ3n) is 3.86. The second kappa shape index (κ2) is 8.93. The van der Waals surface area contributed by atoms with Crippen LogP contribution >= 0.6 is 35.0 Å². The van der Waals surface area contributed by atoms with Gasteiger partial charge in [0.05, 0.1) is 10.6 Å². The second-order valence-corrected chi connectivity index (χ2v) is 7.82. The quantitative estimate of drug-likeness (QED) is 0.678. The third kappa shape index (κ3) is 5.01. The monoisotopic (exact) mass is 387 g/mol. The molecular weight excluding hydrogens is 368 g/mol. The number of benzene rings is 1. The van der Waals surface area contributed by atoms with Crippen molar-refractivity contribution in [3.63, 3.8) is 0 Å². The fraction of sp³-hybridized carbons (Fsp3) is 0.389. The van der Waals surface area contributed by atoms with Crippen LogP contribution in [0.1, 0.15) is 25.8 Å². The van der Waals surface area contributed by atoms with Crippen molar-refractivity contribution >= 4 is 40.9 Å². The molecule has 1 aromatic carbocycles. The molecule has 0 spiro atoms. The van der Waals surface area contributed by atoms with E-state index >= 15 is 0 Å². The number of allylic oxidation sites excluding steroid dienone is 3. The Morgan fingerprint density at radius 2 is 2.04 bits per heavy atom. The number of amides is 1. The Bertz CT molecular complexity index is 645. The topological polar surface area (TPSA) is 29.1 Å². The molecule has 1 unspecified atom stereocenters. The maximum Gasteiger partial charge on any atom is 0.233 e. The number of halogens is 3. The summed E-state index contributed by atoms with van der Waals surface area (Å²) in [7, 11) is 0. The average molecular weight is 388 g/mol. The van der Waals surface area contributed by atoms with E-state index in [-0.39, 0.29) is 28.3 Å². The lowest BCUT2D eigenvalue weighted by Crippen LogP contribution is -2.32. The zero-order valence-corrected chi connectivity index (χ0v) is 15.9. The Kier molecular flexibility index (Phi) is 7.20. The van der Waals surface area contributed by atoms with E-state index in [9.17, 15) is 9.18 Å². The smallest absolute Gasteiger partial charge is 0.233 e. The lowest BCUT2D eigenvalue weighted by Gasteiger charge is -2.23. The van der Waals surface area contributed by atoms with Crippen LogP contribution in [0.2, 0.25) is 0 Å². The van der Waals surface area contributed by atoms with E-state index in [1.807, 2.05) is 26.0 Å². The summed E-state index contributed by atoms with van der Waals surface area (Å²) in [5.41, 5.74) is 0.859. The lowest BCUT2D eigenvalue weighted by molar-refractivity contribution is -0.120. The van der Waals surface area contributed by atoms with Crippen LogP contribution in [-0.4, -0.2) is 16.5 Å². The summed E-state index contributed by atoms with van der Waals surface area (Å²) in [6, 6.07) is 6.09. The van der Waals surface area contributed by atoms with Gasteiger partial charge in [-0.2, -0.15) is 0 Å². The normalized spacial score (nSPS) is 21.7. The fourth-order valence-corrected chi connectivity index (χ4v) is 3.98. The van der Waals surface area contributed by atoms with E-state index in [2.05, 4.69) is 5.32 Å². The Morgan fingerprint density at radius 1 is 1.38 bits per heavy atom. The molecule has 1 aliphatic rings. The molecule has 0 radical (unpaired) electrons. The predicted molar refractivity (Wildman–Crippen MR) is 101 cm³/mol. The van der Waals surface area contributed by atoms with Gasteiger partial charge in [0.2, 0.25) is 5.91 Å². The Morgan fingerprint density at radius 3 is 2.67 bits per heavy atom. The summed E-state index contributed by atoms with van der Waals surface area (Å²) in [5, 5.41) is 3.24. The van der Waals surface area contributed by atoms with E-state index < -0.39 is 0 Å². The van der Waals surface area contributed by atoms with E-state index in [1.165, 1.54) is 23.9 Å². The molecule has 0 saturated heterocycles. The van der Waals surface area contributed by atoms with Gasteiger partial charge in [-0.3, -0.25) is 4.79 Å². The van der Waals surface area contributed by atoms with Gasteiger partial charge >= 0.3 is 0 Å². The molecule has 1 aromatic rings. The predicted octanol–water partition coefficient (Wildman–Crippen LogP) is 5.22. The third-order valence-corrected chi connectivity index (χ3v) is 6.48. The van der Waals surface area contributed by atoms with Crippen LogP contribution in [0.4, 0.5) is 4.39 Å². The molecule has 24 heavy (non-hydrogen) atoms. The van der Waals surface area contributed by atoms with Gasteiger partial charge in [-0.05, 0) is 30.2 Å². The molecule has 1 aliphatic carbocycles. The summed E-state index contributed by atoms with van der Waals surface area (Å²) in [5.74, 6) is -0.303. The highest BCUT2D eigenvalue weighted by Crippen LogP contribution is 2.38. The van der Waals surface area contributed by atoms with Crippen LogP contribution in [0, 0.1) is 11.7 Å². The maximum absolute atomic E-state index is 12.9. The molecule has 0 aliphatic heterocycles. The second-order valence-electron chi connectivity index (χ2n) is 5.66. The van der Waals surface area contributed by atoms with Crippen LogP contribution in [-0.2, 0) is 11.3 Å². The van der Waals surface area contributed by atoms with E-state index in [0.29, 0.717) is 18.0 Å². The molecule has 6 heteroatoms. The van der Waals surface area contributed by atoms with Gasteiger partial charge in [-0.25, -0.2) is 4.39 Å². The van der Waals surface area contributed by atoms with Crippen molar-refractivity contribution in [2.45, 2.75) is 37.4 Å². The van der Waals surface area contributed by atoms with Gasteiger partial charge < -0.3 is 5.32 Å². The molecule has 0 aromatic heterocycles. The highest BCUT2D eigenvalue weighted by molar-refractivity contribution is 8.04. The molecule has 130 valence electrons. The van der Waals surface area contributed by atoms with Crippen molar-refractivity contribution in [3.05, 3.63) is 57.7 Å². The highest BCUT2D eigenvalue weighted by Gasteiger charge is 2.25. The summed E-state index contributed by atoms with van der Waals surface area (Å²) in [4.78, 5) is 13.3.